The van der Waals surface area contributed by atoms with Gasteiger partial charge >= 0.3 is 0 Å². The Morgan fingerprint density at radius 3 is 2.79 bits per heavy atom. The first-order valence-electron chi connectivity index (χ1n) is 9.83. The van der Waals surface area contributed by atoms with Crippen LogP contribution in [0.1, 0.15) is 38.7 Å². The number of aliphatic hydroxyl groups is 2. The Kier molecular flexibility index (Phi) is 9.58. The Hall–Kier alpha value is -1.28. The van der Waals surface area contributed by atoms with E-state index in [4.69, 9.17) is 18.9 Å². The van der Waals surface area contributed by atoms with Crippen molar-refractivity contribution in [2.45, 2.75) is 63.6 Å². The van der Waals surface area contributed by atoms with E-state index in [1.54, 1.807) is 7.11 Å². The molecule has 0 spiro atoms. The summed E-state index contributed by atoms with van der Waals surface area (Å²) in [7, 11) is 1.58. The van der Waals surface area contributed by atoms with Gasteiger partial charge in [0.1, 0.15) is 12.9 Å². The van der Waals surface area contributed by atoms with Crippen LogP contribution in [-0.4, -0.2) is 61.2 Å². The van der Waals surface area contributed by atoms with Crippen molar-refractivity contribution >= 4 is 0 Å². The highest BCUT2D eigenvalue weighted by atomic mass is 16.7. The highest BCUT2D eigenvalue weighted by Gasteiger charge is 2.47. The molecule has 28 heavy (non-hydrogen) atoms. The summed E-state index contributed by atoms with van der Waals surface area (Å²) in [6.07, 6.45) is 2.69. The molecule has 1 aliphatic heterocycles. The Morgan fingerprint density at radius 1 is 1.36 bits per heavy atom. The highest BCUT2D eigenvalue weighted by Crippen LogP contribution is 2.38. The fraction of sp³-hybridized carbons (Fsp3) is 0.636. The number of ether oxygens (including phenoxy) is 4. The molecule has 0 unspecified atom stereocenters. The van der Waals surface area contributed by atoms with E-state index in [0.717, 1.165) is 18.4 Å². The lowest BCUT2D eigenvalue weighted by atomic mass is 9.90. The molecule has 0 bridgehead atoms. The van der Waals surface area contributed by atoms with E-state index >= 15 is 0 Å². The third-order valence-corrected chi connectivity index (χ3v) is 5.21. The van der Waals surface area contributed by atoms with Gasteiger partial charge in [0.15, 0.2) is 0 Å². The molecule has 1 aromatic rings. The lowest BCUT2D eigenvalue weighted by Crippen LogP contribution is -2.38. The van der Waals surface area contributed by atoms with Crippen molar-refractivity contribution in [3.63, 3.8) is 0 Å². The Bertz CT molecular complexity index is 590. The van der Waals surface area contributed by atoms with Gasteiger partial charge in [-0.25, -0.2) is 0 Å². The minimum Gasteiger partial charge on any atom is -0.394 e. The fourth-order valence-electron chi connectivity index (χ4n) is 3.41. The molecule has 6 nitrogen and oxygen atoms in total. The van der Waals surface area contributed by atoms with E-state index in [0.29, 0.717) is 19.6 Å². The highest BCUT2D eigenvalue weighted by molar-refractivity contribution is 5.13. The van der Waals surface area contributed by atoms with Crippen LogP contribution in [0, 0.1) is 0 Å². The second-order valence-corrected chi connectivity index (χ2v) is 7.57. The molecule has 0 amide bonds. The van der Waals surface area contributed by atoms with Crippen LogP contribution in [0.3, 0.4) is 0 Å². The zero-order chi connectivity index (χ0) is 20.4. The average Bonchev–Trinajstić information content (AvgIpc) is 3.05. The second-order valence-electron chi connectivity index (χ2n) is 7.57. The normalized spacial score (nSPS) is 26.5. The van der Waals surface area contributed by atoms with E-state index in [9.17, 15) is 10.2 Å². The minimum atomic E-state index is -0.904. The lowest BCUT2D eigenvalue weighted by Gasteiger charge is -2.29. The zero-order valence-corrected chi connectivity index (χ0v) is 17.2. The van der Waals surface area contributed by atoms with Gasteiger partial charge in [-0.3, -0.25) is 0 Å². The maximum Gasteiger partial charge on any atom is 0.147 e. The number of methoxy groups -OCH3 is 1. The van der Waals surface area contributed by atoms with Gasteiger partial charge in [0.05, 0.1) is 37.6 Å². The summed E-state index contributed by atoms with van der Waals surface area (Å²) in [5.41, 5.74) is 1.82. The van der Waals surface area contributed by atoms with Crippen molar-refractivity contribution in [3.8, 4) is 0 Å². The van der Waals surface area contributed by atoms with Gasteiger partial charge in [-0.05, 0) is 32.3 Å². The number of allylic oxidation sites excluding steroid dienone is 1. The van der Waals surface area contributed by atoms with Crippen LogP contribution in [0.25, 0.3) is 0 Å². The predicted octanol–water partition coefficient (Wildman–Crippen LogP) is 2.82. The first kappa shape index (κ1) is 23.0. The Balaban J connectivity index is 1.81. The van der Waals surface area contributed by atoms with Crippen LogP contribution in [0.15, 0.2) is 42.0 Å². The zero-order valence-electron chi connectivity index (χ0n) is 17.2. The molecular weight excluding hydrogens is 360 g/mol. The van der Waals surface area contributed by atoms with Gasteiger partial charge < -0.3 is 29.2 Å². The van der Waals surface area contributed by atoms with E-state index in [1.165, 1.54) is 5.57 Å². The van der Waals surface area contributed by atoms with E-state index in [2.05, 4.69) is 13.0 Å². The first-order valence-corrected chi connectivity index (χ1v) is 9.83. The SMILES string of the molecule is COCO[C@]1(C)C[C@@H]([C@H](O)CO)O[C@H]1CC/C(C)=C/COCc1ccccc1. The maximum atomic E-state index is 9.96. The number of benzene rings is 1. The van der Waals surface area contributed by atoms with Crippen LogP contribution in [0.4, 0.5) is 0 Å². The summed E-state index contributed by atoms with van der Waals surface area (Å²) in [5.74, 6) is 0. The second kappa shape index (κ2) is 11.7. The van der Waals surface area contributed by atoms with Crippen LogP contribution < -0.4 is 0 Å². The molecule has 0 aliphatic carbocycles. The molecule has 1 aliphatic rings. The van der Waals surface area contributed by atoms with Crippen molar-refractivity contribution < 1.29 is 29.2 Å². The molecule has 1 heterocycles. The summed E-state index contributed by atoms with van der Waals surface area (Å²) in [6.45, 7) is 5.06. The van der Waals surface area contributed by atoms with Crippen molar-refractivity contribution in [2.75, 3.05) is 27.1 Å². The molecule has 2 rings (SSSR count). The number of hydrogen-bond donors (Lipinski definition) is 2. The van der Waals surface area contributed by atoms with Gasteiger partial charge in [-0.1, -0.05) is 42.0 Å². The van der Waals surface area contributed by atoms with Crippen molar-refractivity contribution in [3.05, 3.63) is 47.5 Å². The largest absolute Gasteiger partial charge is 0.394 e. The Morgan fingerprint density at radius 2 is 2.11 bits per heavy atom. The number of rotatable bonds is 12. The fourth-order valence-corrected chi connectivity index (χ4v) is 3.41. The predicted molar refractivity (Wildman–Crippen MR) is 107 cm³/mol. The van der Waals surface area contributed by atoms with Gasteiger partial charge in [0.2, 0.25) is 0 Å². The quantitative estimate of drug-likeness (QED) is 0.323. The monoisotopic (exact) mass is 394 g/mol. The number of hydrogen-bond acceptors (Lipinski definition) is 6. The standard InChI is InChI=1S/C22H34O6/c1-17(11-12-26-15-18-7-5-4-6-8-18)9-10-21-22(2,27-16-25-3)13-20(28-21)19(24)14-23/h4-8,11,19-21,23-24H,9-10,12-16H2,1-3H3/b17-11+/t19-,20+,21+,22-/m1/s1. The summed E-state index contributed by atoms with van der Waals surface area (Å²) in [4.78, 5) is 0. The third-order valence-electron chi connectivity index (χ3n) is 5.21. The summed E-state index contributed by atoms with van der Waals surface area (Å²) in [6, 6.07) is 10.1. The molecule has 1 fully saturated rings. The summed E-state index contributed by atoms with van der Waals surface area (Å²) < 4.78 is 22.6. The van der Waals surface area contributed by atoms with Crippen LogP contribution >= 0.6 is 0 Å². The van der Waals surface area contributed by atoms with Crippen LogP contribution in [0.2, 0.25) is 0 Å². The van der Waals surface area contributed by atoms with Crippen LogP contribution in [0.5, 0.6) is 0 Å². The maximum absolute atomic E-state index is 9.96. The van der Waals surface area contributed by atoms with Crippen molar-refractivity contribution in [2.24, 2.45) is 0 Å². The van der Waals surface area contributed by atoms with Crippen molar-refractivity contribution in [1.82, 2.24) is 0 Å². The number of aliphatic hydroxyl groups excluding tert-OH is 2. The molecule has 1 saturated heterocycles. The third kappa shape index (κ3) is 6.95. The average molecular weight is 395 g/mol. The Labute approximate surface area is 168 Å². The molecule has 4 atom stereocenters. The summed E-state index contributed by atoms with van der Waals surface area (Å²) >= 11 is 0. The molecule has 2 N–H and O–H groups in total. The van der Waals surface area contributed by atoms with Gasteiger partial charge in [-0.2, -0.15) is 0 Å². The van der Waals surface area contributed by atoms with Crippen molar-refractivity contribution in [1.29, 1.82) is 0 Å². The smallest absolute Gasteiger partial charge is 0.147 e. The molecule has 158 valence electrons. The molecule has 6 heteroatoms. The molecule has 1 aromatic carbocycles. The van der Waals surface area contributed by atoms with E-state index in [-0.39, 0.29) is 19.5 Å². The molecule has 0 aromatic heterocycles. The van der Waals surface area contributed by atoms with E-state index in [1.807, 2.05) is 37.3 Å². The first-order chi connectivity index (χ1) is 13.5. The van der Waals surface area contributed by atoms with Gasteiger partial charge in [0, 0.05) is 13.5 Å². The molecular formula is C22H34O6. The van der Waals surface area contributed by atoms with E-state index < -0.39 is 17.8 Å². The molecule has 0 radical (unpaired) electrons. The summed E-state index contributed by atoms with van der Waals surface area (Å²) in [5, 5.41) is 19.2. The van der Waals surface area contributed by atoms with Gasteiger partial charge in [-0.15, -0.1) is 0 Å². The topological polar surface area (TPSA) is 77.4 Å². The van der Waals surface area contributed by atoms with Gasteiger partial charge in [0.25, 0.3) is 0 Å². The minimum absolute atomic E-state index is 0.167. The van der Waals surface area contributed by atoms with Crippen LogP contribution in [-0.2, 0) is 25.6 Å². The lowest BCUT2D eigenvalue weighted by molar-refractivity contribution is -0.149. The molecule has 0 saturated carbocycles.